The van der Waals surface area contributed by atoms with E-state index in [0.717, 1.165) is 21.2 Å². The van der Waals surface area contributed by atoms with E-state index in [2.05, 4.69) is 10.2 Å². The lowest BCUT2D eigenvalue weighted by Crippen LogP contribution is -2.39. The summed E-state index contributed by atoms with van der Waals surface area (Å²) in [5.41, 5.74) is -1.33. The summed E-state index contributed by atoms with van der Waals surface area (Å²) in [6.07, 6.45) is 0. The highest BCUT2D eigenvalue weighted by Gasteiger charge is 2.19. The van der Waals surface area contributed by atoms with Crippen molar-refractivity contribution >= 4 is 23.1 Å². The van der Waals surface area contributed by atoms with E-state index in [0.29, 0.717) is 5.89 Å². The molecule has 0 fully saturated rings. The third-order valence-electron chi connectivity index (χ3n) is 3.05. The molecule has 3 heterocycles. The van der Waals surface area contributed by atoms with E-state index in [9.17, 15) is 14.9 Å². The molecule has 0 unspecified atom stereocenters. The van der Waals surface area contributed by atoms with Crippen molar-refractivity contribution in [3.63, 3.8) is 0 Å². The molecule has 116 valence electrons. The molecule has 0 saturated carbocycles. The maximum absolute atomic E-state index is 12.0. The second kappa shape index (κ2) is 5.86. The smallest absolute Gasteiger partial charge is 0.331 e. The average Bonchev–Trinajstić information content (AvgIpc) is 3.22. The first-order valence-electron chi connectivity index (χ1n) is 6.28. The van der Waals surface area contributed by atoms with Gasteiger partial charge in [0.25, 0.3) is 16.7 Å². The van der Waals surface area contributed by atoms with Crippen molar-refractivity contribution in [3.05, 3.63) is 43.9 Å². The van der Waals surface area contributed by atoms with Crippen LogP contribution in [0.2, 0.25) is 0 Å². The van der Waals surface area contributed by atoms with Crippen molar-refractivity contribution in [2.24, 2.45) is 14.1 Å². The fraction of sp³-hybridized carbons (Fsp3) is 0.154. The highest BCUT2D eigenvalue weighted by atomic mass is 32.2. The first-order chi connectivity index (χ1) is 11.0. The quantitative estimate of drug-likeness (QED) is 0.656. The lowest BCUT2D eigenvalue weighted by Gasteiger charge is -2.08. The maximum atomic E-state index is 12.0. The minimum Gasteiger partial charge on any atom is -0.410 e. The minimum absolute atomic E-state index is 0.143. The van der Waals surface area contributed by atoms with Crippen molar-refractivity contribution in [2.75, 3.05) is 0 Å². The van der Waals surface area contributed by atoms with Crippen LogP contribution < -0.4 is 11.2 Å². The second-order valence-electron chi connectivity index (χ2n) is 4.45. The number of rotatable bonds is 3. The zero-order valence-electron chi connectivity index (χ0n) is 12.0. The molecule has 8 nitrogen and oxygen atoms in total. The number of thiophene rings is 1. The first kappa shape index (κ1) is 15.3. The Morgan fingerprint density at radius 3 is 2.74 bits per heavy atom. The van der Waals surface area contributed by atoms with Gasteiger partial charge in [-0.15, -0.1) is 21.5 Å². The van der Waals surface area contributed by atoms with E-state index in [1.165, 1.54) is 30.0 Å². The van der Waals surface area contributed by atoms with Crippen molar-refractivity contribution in [1.29, 1.82) is 5.26 Å². The van der Waals surface area contributed by atoms with Gasteiger partial charge in [-0.25, -0.2) is 4.79 Å². The van der Waals surface area contributed by atoms with Gasteiger partial charge in [0.15, 0.2) is 0 Å². The van der Waals surface area contributed by atoms with Crippen LogP contribution in [0.3, 0.4) is 0 Å². The fourth-order valence-electron chi connectivity index (χ4n) is 1.87. The van der Waals surface area contributed by atoms with Crippen LogP contribution in [-0.2, 0) is 14.1 Å². The van der Waals surface area contributed by atoms with Gasteiger partial charge in [-0.3, -0.25) is 13.9 Å². The number of hydrogen-bond acceptors (Lipinski definition) is 8. The predicted octanol–water partition coefficient (Wildman–Crippen LogP) is 1.22. The third-order valence-corrected chi connectivity index (χ3v) is 4.91. The van der Waals surface area contributed by atoms with Crippen LogP contribution in [0.25, 0.3) is 10.8 Å². The van der Waals surface area contributed by atoms with Gasteiger partial charge >= 0.3 is 5.69 Å². The van der Waals surface area contributed by atoms with Crippen LogP contribution in [0.5, 0.6) is 0 Å². The average molecular weight is 347 g/mol. The number of aromatic nitrogens is 4. The van der Waals surface area contributed by atoms with Gasteiger partial charge in [0.05, 0.1) is 4.88 Å². The van der Waals surface area contributed by atoms with Crippen LogP contribution in [-0.4, -0.2) is 19.3 Å². The molecule has 0 aromatic carbocycles. The molecule has 23 heavy (non-hydrogen) atoms. The summed E-state index contributed by atoms with van der Waals surface area (Å²) in [4.78, 5) is 24.8. The summed E-state index contributed by atoms with van der Waals surface area (Å²) < 4.78 is 7.60. The van der Waals surface area contributed by atoms with Crippen molar-refractivity contribution in [3.8, 4) is 16.8 Å². The summed E-state index contributed by atoms with van der Waals surface area (Å²) in [7, 11) is 2.79. The van der Waals surface area contributed by atoms with Crippen molar-refractivity contribution in [2.45, 2.75) is 10.2 Å². The summed E-state index contributed by atoms with van der Waals surface area (Å²) in [6.45, 7) is 0. The molecule has 3 aromatic rings. The molecule has 0 N–H and O–H groups in total. The van der Waals surface area contributed by atoms with Gasteiger partial charge in [-0.05, 0) is 23.2 Å². The van der Waals surface area contributed by atoms with Gasteiger partial charge in [-0.1, -0.05) is 6.07 Å². The molecule has 3 rings (SSSR count). The molecule has 10 heteroatoms. The summed E-state index contributed by atoms with van der Waals surface area (Å²) in [5, 5.41) is 19.2. The molecular formula is C13H9N5O3S2. The molecule has 0 spiro atoms. The van der Waals surface area contributed by atoms with Crippen LogP contribution in [0, 0.1) is 11.3 Å². The number of nitrogens with zero attached hydrogens (tertiary/aromatic N) is 5. The van der Waals surface area contributed by atoms with Crippen LogP contribution in [0.15, 0.2) is 41.8 Å². The molecule has 0 amide bonds. The molecule has 0 aliphatic heterocycles. The lowest BCUT2D eigenvalue weighted by atomic mass is 10.3. The summed E-state index contributed by atoms with van der Waals surface area (Å²) in [5.74, 6) is 0.342. The van der Waals surface area contributed by atoms with Gasteiger partial charge in [0.1, 0.15) is 16.7 Å². The van der Waals surface area contributed by atoms with Crippen molar-refractivity contribution < 1.29 is 4.42 Å². The fourth-order valence-corrected chi connectivity index (χ4v) is 3.34. The Labute approximate surface area is 137 Å². The van der Waals surface area contributed by atoms with E-state index < -0.39 is 11.2 Å². The zero-order valence-corrected chi connectivity index (χ0v) is 13.6. The Morgan fingerprint density at radius 2 is 2.09 bits per heavy atom. The second-order valence-corrected chi connectivity index (χ2v) is 6.34. The van der Waals surface area contributed by atoms with E-state index in [-0.39, 0.29) is 15.8 Å². The molecule has 3 aromatic heterocycles. The SMILES string of the molecule is Cn1c(Sc2nnc(-c3cccs3)o2)c(C#N)c(=O)n(C)c1=O. The molecule has 0 atom stereocenters. The molecule has 0 aliphatic rings. The third kappa shape index (κ3) is 2.60. The maximum Gasteiger partial charge on any atom is 0.331 e. The molecule has 0 saturated heterocycles. The highest BCUT2D eigenvalue weighted by molar-refractivity contribution is 7.99. The molecule has 0 bridgehead atoms. The molecule has 0 aliphatic carbocycles. The summed E-state index contributed by atoms with van der Waals surface area (Å²) in [6, 6.07) is 5.52. The molecule has 0 radical (unpaired) electrons. The Morgan fingerprint density at radius 1 is 1.30 bits per heavy atom. The summed E-state index contributed by atoms with van der Waals surface area (Å²) >= 11 is 2.36. The monoisotopic (exact) mass is 347 g/mol. The van der Waals surface area contributed by atoms with Gasteiger partial charge in [-0.2, -0.15) is 5.26 Å². The Balaban J connectivity index is 2.06. The van der Waals surface area contributed by atoms with E-state index in [1.807, 2.05) is 23.6 Å². The highest BCUT2D eigenvalue weighted by Crippen LogP contribution is 2.30. The largest absolute Gasteiger partial charge is 0.410 e. The standard InChI is InChI=1S/C13H9N5O3S2/c1-17-10(19)7(6-14)11(18(2)13(17)20)23-12-16-15-9(21-12)8-4-3-5-22-8/h3-5H,1-2H3. The first-order valence-corrected chi connectivity index (χ1v) is 7.98. The Hall–Kier alpha value is -2.64. The zero-order chi connectivity index (χ0) is 16.6. The van der Waals surface area contributed by atoms with Crippen LogP contribution in [0.4, 0.5) is 0 Å². The van der Waals surface area contributed by atoms with E-state index in [4.69, 9.17) is 4.42 Å². The van der Waals surface area contributed by atoms with Crippen LogP contribution >= 0.6 is 23.1 Å². The number of hydrogen-bond donors (Lipinski definition) is 0. The normalized spacial score (nSPS) is 10.7. The predicted molar refractivity (Wildman–Crippen MR) is 83.4 cm³/mol. The van der Waals surface area contributed by atoms with Gasteiger partial charge in [0, 0.05) is 14.1 Å². The topological polar surface area (TPSA) is 107 Å². The Kier molecular flexibility index (Phi) is 3.89. The van der Waals surface area contributed by atoms with Crippen molar-refractivity contribution in [1.82, 2.24) is 19.3 Å². The van der Waals surface area contributed by atoms with Gasteiger partial charge < -0.3 is 4.42 Å². The number of nitriles is 1. The van der Waals surface area contributed by atoms with Crippen LogP contribution in [0.1, 0.15) is 5.56 Å². The molecular weight excluding hydrogens is 338 g/mol. The lowest BCUT2D eigenvalue weighted by molar-refractivity contribution is 0.465. The Bertz CT molecular complexity index is 1020. The van der Waals surface area contributed by atoms with Gasteiger partial charge in [0.2, 0.25) is 0 Å². The van der Waals surface area contributed by atoms with E-state index in [1.54, 1.807) is 0 Å². The van der Waals surface area contributed by atoms with E-state index >= 15 is 0 Å². The minimum atomic E-state index is -0.656.